The molecule has 4 heteroatoms. The van der Waals surface area contributed by atoms with E-state index in [-0.39, 0.29) is 18.2 Å². The SMILES string of the molecule is COC(CCP(C)C)CC1(CC(C)(C)S)C=CC=N1. The molecule has 19 heavy (non-hydrogen) atoms. The molecule has 1 aliphatic rings. The van der Waals surface area contributed by atoms with Gasteiger partial charge < -0.3 is 4.74 Å². The summed E-state index contributed by atoms with van der Waals surface area (Å²) in [4.78, 5) is 4.71. The van der Waals surface area contributed by atoms with Crippen LogP contribution in [0.15, 0.2) is 17.1 Å². The molecule has 0 spiro atoms. The van der Waals surface area contributed by atoms with Crippen LogP contribution in [0.2, 0.25) is 0 Å². The Morgan fingerprint density at radius 1 is 1.42 bits per heavy atom. The van der Waals surface area contributed by atoms with Crippen LogP contribution in [0.1, 0.15) is 33.1 Å². The number of hydrogen-bond acceptors (Lipinski definition) is 3. The minimum absolute atomic E-state index is 0.0214. The fraction of sp³-hybridized carbons (Fsp3) is 0.800. The molecule has 0 saturated carbocycles. The van der Waals surface area contributed by atoms with Gasteiger partial charge in [-0.3, -0.25) is 4.99 Å². The molecular formula is C15H28NOPS. The normalized spacial score (nSPS) is 24.4. The third kappa shape index (κ3) is 6.42. The van der Waals surface area contributed by atoms with Gasteiger partial charge in [0, 0.05) is 24.5 Å². The lowest BCUT2D eigenvalue weighted by atomic mass is 9.84. The van der Waals surface area contributed by atoms with Crippen molar-refractivity contribution in [2.45, 2.75) is 49.5 Å². The summed E-state index contributed by atoms with van der Waals surface area (Å²) in [5.41, 5.74) is -0.115. The van der Waals surface area contributed by atoms with Gasteiger partial charge in [-0.1, -0.05) is 19.9 Å². The number of rotatable bonds is 8. The van der Waals surface area contributed by atoms with Gasteiger partial charge in [-0.2, -0.15) is 12.6 Å². The first-order valence-electron chi connectivity index (χ1n) is 6.89. The van der Waals surface area contributed by atoms with E-state index in [1.165, 1.54) is 6.16 Å². The van der Waals surface area contributed by atoms with Gasteiger partial charge in [0.15, 0.2) is 0 Å². The van der Waals surface area contributed by atoms with Crippen LogP contribution in [-0.4, -0.2) is 49.2 Å². The lowest BCUT2D eigenvalue weighted by Crippen LogP contribution is -2.35. The first-order chi connectivity index (χ1) is 8.76. The number of methoxy groups -OCH3 is 1. The average molecular weight is 301 g/mol. The first-order valence-corrected chi connectivity index (χ1v) is 9.76. The van der Waals surface area contributed by atoms with Crippen LogP contribution < -0.4 is 0 Å². The van der Waals surface area contributed by atoms with Crippen molar-refractivity contribution in [3.63, 3.8) is 0 Å². The van der Waals surface area contributed by atoms with Gasteiger partial charge in [-0.25, -0.2) is 0 Å². The molecule has 2 unspecified atom stereocenters. The number of nitrogens with zero attached hydrogens (tertiary/aromatic N) is 1. The Bertz CT molecular complexity index is 322. The summed E-state index contributed by atoms with van der Waals surface area (Å²) in [6.45, 7) is 8.95. The third-order valence-electron chi connectivity index (χ3n) is 3.38. The van der Waals surface area contributed by atoms with E-state index in [0.717, 1.165) is 19.3 Å². The largest absolute Gasteiger partial charge is 0.381 e. The molecule has 1 aliphatic heterocycles. The van der Waals surface area contributed by atoms with Gasteiger partial charge in [-0.15, -0.1) is 7.92 Å². The molecule has 0 aromatic rings. The van der Waals surface area contributed by atoms with Gasteiger partial charge in [0.25, 0.3) is 0 Å². The second-order valence-corrected chi connectivity index (χ2v) is 10.2. The van der Waals surface area contributed by atoms with E-state index >= 15 is 0 Å². The fourth-order valence-electron chi connectivity index (χ4n) is 2.60. The van der Waals surface area contributed by atoms with E-state index in [0.29, 0.717) is 6.10 Å². The van der Waals surface area contributed by atoms with Crippen LogP contribution >= 0.6 is 20.6 Å². The number of aliphatic imine (C=N–C) groups is 1. The molecule has 0 saturated heterocycles. The van der Waals surface area contributed by atoms with Crippen molar-refractivity contribution < 1.29 is 4.74 Å². The molecule has 1 heterocycles. The fourth-order valence-corrected chi connectivity index (χ4v) is 3.68. The molecular weight excluding hydrogens is 273 g/mol. The van der Waals surface area contributed by atoms with Gasteiger partial charge >= 0.3 is 0 Å². The maximum Gasteiger partial charge on any atom is 0.0828 e. The van der Waals surface area contributed by atoms with Crippen molar-refractivity contribution in [2.75, 3.05) is 26.6 Å². The molecule has 110 valence electrons. The molecule has 2 nitrogen and oxygen atoms in total. The van der Waals surface area contributed by atoms with Gasteiger partial charge in [0.1, 0.15) is 0 Å². The van der Waals surface area contributed by atoms with E-state index < -0.39 is 0 Å². The molecule has 0 aromatic heterocycles. The zero-order chi connectivity index (χ0) is 14.5. The quantitative estimate of drug-likeness (QED) is 0.531. The minimum Gasteiger partial charge on any atom is -0.381 e. The van der Waals surface area contributed by atoms with Crippen LogP contribution in [0.4, 0.5) is 0 Å². The van der Waals surface area contributed by atoms with Gasteiger partial charge in [-0.05, 0) is 38.4 Å². The Balaban J connectivity index is 2.67. The summed E-state index contributed by atoms with van der Waals surface area (Å²) in [5, 5.41) is 0. The molecule has 1 rings (SSSR count). The standard InChI is InChI=1S/C15H28NOPS/c1-14(2,19)12-15(8-6-9-16-15)11-13(17-3)7-10-18(4)5/h6,8-9,13,19H,7,10-12H2,1-5H3. The lowest BCUT2D eigenvalue weighted by molar-refractivity contribution is 0.0768. The van der Waals surface area contributed by atoms with Gasteiger partial charge in [0.05, 0.1) is 11.6 Å². The van der Waals surface area contributed by atoms with E-state index in [9.17, 15) is 0 Å². The Hall–Kier alpha value is 0.150. The van der Waals surface area contributed by atoms with Crippen LogP contribution in [0.3, 0.4) is 0 Å². The van der Waals surface area contributed by atoms with Crippen LogP contribution in [-0.2, 0) is 4.74 Å². The molecule has 2 atom stereocenters. The third-order valence-corrected chi connectivity index (χ3v) is 4.69. The summed E-state index contributed by atoms with van der Waals surface area (Å²) < 4.78 is 5.66. The van der Waals surface area contributed by atoms with E-state index in [2.05, 4.69) is 52.0 Å². The van der Waals surface area contributed by atoms with Gasteiger partial charge in [0.2, 0.25) is 0 Å². The van der Waals surface area contributed by atoms with Crippen LogP contribution in [0.5, 0.6) is 0 Å². The molecule has 0 radical (unpaired) electrons. The van der Waals surface area contributed by atoms with E-state index in [1.54, 1.807) is 0 Å². The molecule has 0 aromatic carbocycles. The Morgan fingerprint density at radius 2 is 2.11 bits per heavy atom. The number of hydrogen-bond donors (Lipinski definition) is 1. The zero-order valence-corrected chi connectivity index (χ0v) is 14.7. The Morgan fingerprint density at radius 3 is 2.53 bits per heavy atom. The highest BCUT2D eigenvalue weighted by Gasteiger charge is 2.35. The van der Waals surface area contributed by atoms with E-state index in [1.807, 2.05) is 13.3 Å². The highest BCUT2D eigenvalue weighted by Crippen LogP contribution is 2.37. The molecule has 0 bridgehead atoms. The smallest absolute Gasteiger partial charge is 0.0828 e. The number of thiol groups is 1. The first kappa shape index (κ1) is 17.2. The average Bonchev–Trinajstić information content (AvgIpc) is 2.70. The maximum atomic E-state index is 5.68. The highest BCUT2D eigenvalue weighted by molar-refractivity contribution is 7.81. The Labute approximate surface area is 125 Å². The number of ether oxygens (including phenoxy) is 1. The zero-order valence-electron chi connectivity index (χ0n) is 12.9. The maximum absolute atomic E-state index is 5.68. The highest BCUT2D eigenvalue weighted by atomic mass is 32.1. The Kier molecular flexibility index (Phi) is 6.56. The summed E-state index contributed by atoms with van der Waals surface area (Å²) in [6, 6.07) is 0. The molecule has 0 fully saturated rings. The van der Waals surface area contributed by atoms with Crippen molar-refractivity contribution in [1.82, 2.24) is 0 Å². The van der Waals surface area contributed by atoms with Crippen LogP contribution in [0, 0.1) is 0 Å². The minimum atomic E-state index is -0.115. The second-order valence-electron chi connectivity index (χ2n) is 6.38. The van der Waals surface area contributed by atoms with E-state index in [4.69, 9.17) is 9.73 Å². The topological polar surface area (TPSA) is 21.6 Å². The molecule has 0 N–H and O–H groups in total. The monoisotopic (exact) mass is 301 g/mol. The predicted molar refractivity (Wildman–Crippen MR) is 91.7 cm³/mol. The summed E-state index contributed by atoms with van der Waals surface area (Å²) in [7, 11) is 1.97. The van der Waals surface area contributed by atoms with Crippen molar-refractivity contribution in [3.05, 3.63) is 12.2 Å². The molecule has 0 amide bonds. The van der Waals surface area contributed by atoms with Crippen molar-refractivity contribution >= 4 is 26.8 Å². The van der Waals surface area contributed by atoms with Crippen molar-refractivity contribution in [2.24, 2.45) is 4.99 Å². The van der Waals surface area contributed by atoms with Crippen molar-refractivity contribution in [3.8, 4) is 0 Å². The predicted octanol–water partition coefficient (Wildman–Crippen LogP) is 4.00. The summed E-state index contributed by atoms with van der Waals surface area (Å²) in [5.74, 6) is 0. The lowest BCUT2D eigenvalue weighted by Gasteiger charge is -2.34. The van der Waals surface area contributed by atoms with Crippen molar-refractivity contribution in [1.29, 1.82) is 0 Å². The molecule has 0 aliphatic carbocycles. The van der Waals surface area contributed by atoms with Crippen LogP contribution in [0.25, 0.3) is 0 Å². The number of allylic oxidation sites excluding steroid dienone is 1. The second kappa shape index (κ2) is 7.24. The summed E-state index contributed by atoms with van der Waals surface area (Å²) in [6.07, 6.45) is 10.8. The summed E-state index contributed by atoms with van der Waals surface area (Å²) >= 11 is 4.67.